The Balaban J connectivity index is 2.79. The summed E-state index contributed by atoms with van der Waals surface area (Å²) in [5.74, 6) is 0.268. The smallest absolute Gasteiger partial charge is 0.222 e. The average Bonchev–Trinajstić information content (AvgIpc) is 2.03. The van der Waals surface area contributed by atoms with Crippen molar-refractivity contribution in [3.05, 3.63) is 18.3 Å². The van der Waals surface area contributed by atoms with E-state index in [4.69, 9.17) is 1.41 Å². The molecule has 11 heavy (non-hydrogen) atoms. The molecule has 1 aromatic heterocycles. The molecule has 0 saturated carbocycles. The van der Waals surface area contributed by atoms with Gasteiger partial charge in [-0.05, 0) is 6.07 Å². The number of hydrogen-bond acceptors (Lipinski definition) is 3. The number of carbonyl (C=O) groups excluding carboxylic acids is 1. The molecule has 1 rings (SSSR count). The number of nitrogens with zero attached hydrogens (tertiary/aromatic N) is 1. The summed E-state index contributed by atoms with van der Waals surface area (Å²) >= 11 is 0. The molecular weight excluding hydrogens is 142 g/mol. The van der Waals surface area contributed by atoms with Crippen LogP contribution < -0.4 is 11.0 Å². The Hall–Kier alpha value is -1.58. The van der Waals surface area contributed by atoms with Gasteiger partial charge in [0.1, 0.15) is 5.82 Å². The van der Waals surface area contributed by atoms with Crippen LogP contribution in [0, 0.1) is 0 Å². The van der Waals surface area contributed by atoms with E-state index < -0.39 is 0 Å². The zero-order valence-corrected chi connectivity index (χ0v) is 6.09. The van der Waals surface area contributed by atoms with Crippen molar-refractivity contribution in [2.75, 3.05) is 11.0 Å². The normalized spacial score (nSPS) is 10.1. The Labute approximate surface area is 65.9 Å². The van der Waals surface area contributed by atoms with Crippen LogP contribution in [0.3, 0.4) is 0 Å². The van der Waals surface area contributed by atoms with Crippen molar-refractivity contribution in [3.63, 3.8) is 0 Å². The van der Waals surface area contributed by atoms with Gasteiger partial charge in [0, 0.05) is 24.9 Å². The van der Waals surface area contributed by atoms with Crippen LogP contribution in [-0.4, -0.2) is 10.9 Å². The summed E-state index contributed by atoms with van der Waals surface area (Å²) in [6.07, 6.45) is 1.52. The van der Waals surface area contributed by atoms with Crippen LogP contribution in [0.2, 0.25) is 1.41 Å². The number of anilines is 2. The van der Waals surface area contributed by atoms with E-state index in [0.29, 0.717) is 11.5 Å². The fourth-order valence-electron chi connectivity index (χ4n) is 0.679. The Morgan fingerprint density at radius 3 is 3.36 bits per heavy atom. The second kappa shape index (κ2) is 3.01. The SMILES string of the molecule is [3H]Nc1ccnc(NC(C)=O)c1. The van der Waals surface area contributed by atoms with E-state index in [2.05, 4.69) is 16.0 Å². The van der Waals surface area contributed by atoms with Crippen molar-refractivity contribution in [1.29, 1.82) is 0 Å². The average molecular weight is 153 g/mol. The van der Waals surface area contributed by atoms with Crippen LogP contribution in [0.1, 0.15) is 6.92 Å². The molecule has 1 amide bonds. The van der Waals surface area contributed by atoms with Gasteiger partial charge in [-0.25, -0.2) is 4.98 Å². The molecular formula is C7H9N3O. The lowest BCUT2D eigenvalue weighted by Gasteiger charge is -1.99. The molecule has 1 aromatic rings. The molecule has 0 aliphatic carbocycles. The van der Waals surface area contributed by atoms with E-state index in [1.54, 1.807) is 12.1 Å². The van der Waals surface area contributed by atoms with Gasteiger partial charge in [0.25, 0.3) is 0 Å². The Kier molecular flexibility index (Phi) is 1.68. The summed E-state index contributed by atoms with van der Waals surface area (Å²) in [4.78, 5) is 14.5. The van der Waals surface area contributed by atoms with Crippen molar-refractivity contribution >= 4 is 17.4 Å². The lowest BCUT2D eigenvalue weighted by Crippen LogP contribution is -2.07. The first-order valence-corrected chi connectivity index (χ1v) is 3.14. The van der Waals surface area contributed by atoms with Gasteiger partial charge in [-0.2, -0.15) is 0 Å². The summed E-state index contributed by atoms with van der Waals surface area (Å²) in [5.41, 5.74) is 2.79. The molecule has 0 unspecified atom stereocenters. The molecule has 4 heteroatoms. The largest absolute Gasteiger partial charge is 0.399 e. The first-order valence-electron chi connectivity index (χ1n) is 3.64. The van der Waals surface area contributed by atoms with Crippen molar-refractivity contribution in [2.45, 2.75) is 6.92 Å². The van der Waals surface area contributed by atoms with Gasteiger partial charge in [-0.3, -0.25) is 4.79 Å². The molecule has 0 saturated heterocycles. The molecule has 4 nitrogen and oxygen atoms in total. The number of aromatic nitrogens is 1. The summed E-state index contributed by atoms with van der Waals surface area (Å²) < 4.78 is 6.83. The van der Waals surface area contributed by atoms with E-state index in [0.717, 1.165) is 0 Å². The highest BCUT2D eigenvalue weighted by Gasteiger charge is 1.95. The third-order valence-corrected chi connectivity index (χ3v) is 1.06. The van der Waals surface area contributed by atoms with E-state index in [1.807, 2.05) is 0 Å². The fraction of sp³-hybridized carbons (Fsp3) is 0.143. The van der Waals surface area contributed by atoms with Crippen molar-refractivity contribution < 1.29 is 6.21 Å². The van der Waals surface area contributed by atoms with Gasteiger partial charge in [0.15, 0.2) is 1.41 Å². The minimum absolute atomic E-state index is 0.176. The van der Waals surface area contributed by atoms with Crippen LogP contribution in [0.25, 0.3) is 0 Å². The van der Waals surface area contributed by atoms with Crippen LogP contribution in [0.15, 0.2) is 18.3 Å². The topological polar surface area (TPSA) is 68.0 Å². The number of hydrogen-bond donors (Lipinski definition) is 2. The van der Waals surface area contributed by atoms with Crippen LogP contribution >= 0.6 is 0 Å². The summed E-state index contributed by atoms with van der Waals surface area (Å²) in [5, 5.41) is 2.51. The Morgan fingerprint density at radius 1 is 1.91 bits per heavy atom. The molecule has 3 N–H and O–H groups in total. The highest BCUT2D eigenvalue weighted by atomic mass is 16.1. The summed E-state index contributed by atoms with van der Waals surface area (Å²) in [6, 6.07) is 3.21. The number of pyridine rings is 1. The maximum absolute atomic E-state index is 10.6. The number of nitrogens with two attached hydrogens (primary N) is 1. The third kappa shape index (κ3) is 2.25. The molecule has 0 aromatic carbocycles. The van der Waals surface area contributed by atoms with E-state index >= 15 is 0 Å². The molecule has 0 aliphatic rings. The second-order valence-corrected chi connectivity index (χ2v) is 2.11. The number of nitrogen functional groups attached to an aromatic ring is 1. The lowest BCUT2D eigenvalue weighted by atomic mass is 10.4. The van der Waals surface area contributed by atoms with E-state index in [9.17, 15) is 4.79 Å². The molecule has 1 heterocycles. The highest BCUT2D eigenvalue weighted by Crippen LogP contribution is 2.06. The lowest BCUT2D eigenvalue weighted by molar-refractivity contribution is -0.114. The summed E-state index contributed by atoms with van der Waals surface area (Å²) in [7, 11) is 0. The first kappa shape index (κ1) is 6.15. The maximum atomic E-state index is 10.6. The van der Waals surface area contributed by atoms with Crippen molar-refractivity contribution in [1.82, 2.24) is 4.98 Å². The zero-order chi connectivity index (χ0) is 8.97. The predicted molar refractivity (Wildman–Crippen MR) is 43.0 cm³/mol. The van der Waals surface area contributed by atoms with Gasteiger partial charge >= 0.3 is 0 Å². The van der Waals surface area contributed by atoms with Crippen LogP contribution in [0.4, 0.5) is 11.5 Å². The maximum Gasteiger partial charge on any atom is 0.222 e. The second-order valence-electron chi connectivity index (χ2n) is 2.11. The molecule has 58 valence electrons. The zero-order valence-electron chi connectivity index (χ0n) is 7.09. The molecule has 0 fully saturated rings. The monoisotopic (exact) mass is 153 g/mol. The van der Waals surface area contributed by atoms with Gasteiger partial charge in [-0.15, -0.1) is 0 Å². The van der Waals surface area contributed by atoms with Gasteiger partial charge in [0.2, 0.25) is 5.91 Å². The number of carbonyl (C=O) groups is 1. The van der Waals surface area contributed by atoms with Gasteiger partial charge in [0.05, 0.1) is 0 Å². The minimum atomic E-state index is -0.176. The van der Waals surface area contributed by atoms with E-state index in [-0.39, 0.29) is 5.91 Å². The van der Waals surface area contributed by atoms with Gasteiger partial charge in [-0.1, -0.05) is 0 Å². The predicted octanol–water partition coefficient (Wildman–Crippen LogP) is 0.622. The molecule has 0 atom stereocenters. The van der Waals surface area contributed by atoms with Crippen LogP contribution in [0.5, 0.6) is 0 Å². The highest BCUT2D eigenvalue weighted by molar-refractivity contribution is 5.87. The van der Waals surface area contributed by atoms with Crippen molar-refractivity contribution in [3.8, 4) is 0 Å². The Morgan fingerprint density at radius 2 is 2.73 bits per heavy atom. The molecule has 0 bridgehead atoms. The first-order chi connectivity index (χ1) is 5.72. The fourth-order valence-corrected chi connectivity index (χ4v) is 0.679. The van der Waals surface area contributed by atoms with Crippen LogP contribution in [-0.2, 0) is 4.79 Å². The molecule has 0 spiro atoms. The third-order valence-electron chi connectivity index (χ3n) is 1.06. The quantitative estimate of drug-likeness (QED) is 0.654. The van der Waals surface area contributed by atoms with E-state index in [1.165, 1.54) is 13.1 Å². The number of amides is 1. The summed E-state index contributed by atoms with van der Waals surface area (Å²) in [6.45, 7) is 1.41. The Bertz CT molecular complexity index is 290. The van der Waals surface area contributed by atoms with Gasteiger partial charge < -0.3 is 11.0 Å². The number of rotatable bonds is 2. The molecule has 0 radical (unpaired) electrons. The standard InChI is InChI=1S/C7H9N3O/c1-5(11)10-7-4-6(8)2-3-9-7/h2-4H,1H3,(H3,8,9,10,11)/i/hT. The van der Waals surface area contributed by atoms with Crippen molar-refractivity contribution in [2.24, 2.45) is 0 Å². The molecule has 0 aliphatic heterocycles. The minimum Gasteiger partial charge on any atom is -0.399 e. The number of nitrogens with one attached hydrogen (secondary N) is 1.